The first kappa shape index (κ1) is 23.0. The van der Waals surface area contributed by atoms with Crippen molar-refractivity contribution in [1.82, 2.24) is 24.1 Å². The van der Waals surface area contributed by atoms with E-state index in [-0.39, 0.29) is 35.5 Å². The summed E-state index contributed by atoms with van der Waals surface area (Å²) in [7, 11) is 0. The molecule has 0 spiro atoms. The van der Waals surface area contributed by atoms with Crippen LogP contribution in [-0.4, -0.2) is 61.9 Å². The number of piperazine rings is 1. The second-order valence-electron chi connectivity index (χ2n) is 8.13. The van der Waals surface area contributed by atoms with Gasteiger partial charge in [-0.3, -0.25) is 14.0 Å². The Kier molecular flexibility index (Phi) is 6.49. The monoisotopic (exact) mass is 496 g/mol. The van der Waals surface area contributed by atoms with Gasteiger partial charge in [0.2, 0.25) is 11.6 Å². The summed E-state index contributed by atoms with van der Waals surface area (Å²) >= 11 is 1.21. The van der Waals surface area contributed by atoms with Crippen molar-refractivity contribution in [1.29, 1.82) is 0 Å². The molecule has 2 aromatic heterocycles. The number of amides is 1. The van der Waals surface area contributed by atoms with E-state index in [0.29, 0.717) is 36.9 Å². The van der Waals surface area contributed by atoms with Crippen LogP contribution in [0.25, 0.3) is 5.65 Å². The van der Waals surface area contributed by atoms with Gasteiger partial charge in [0.1, 0.15) is 11.6 Å². The van der Waals surface area contributed by atoms with Crippen molar-refractivity contribution in [3.8, 4) is 0 Å². The number of anilines is 1. The maximum absolute atomic E-state index is 14.0. The fourth-order valence-electron chi connectivity index (χ4n) is 4.02. The highest BCUT2D eigenvalue weighted by Gasteiger charge is 2.22. The standard InChI is InChI=1S/C24H22F2N6O2S/c25-18-5-7-19(8-6-18)29-9-11-30(12-10-29)21(33)16-35-24-28-27-22-23(34)31(13-14-32(22)24)15-17-3-1-2-4-20(17)26/h1-8,13-14H,9-12,15-16H2. The summed E-state index contributed by atoms with van der Waals surface area (Å²) in [6.45, 7) is 2.55. The van der Waals surface area contributed by atoms with E-state index in [1.807, 2.05) is 0 Å². The highest BCUT2D eigenvalue weighted by atomic mass is 32.2. The number of nitrogens with zero attached hydrogens (tertiary/aromatic N) is 6. The van der Waals surface area contributed by atoms with Gasteiger partial charge in [0.15, 0.2) is 5.16 Å². The van der Waals surface area contributed by atoms with Crippen LogP contribution in [0.3, 0.4) is 0 Å². The van der Waals surface area contributed by atoms with Crippen molar-refractivity contribution in [3.63, 3.8) is 0 Å². The van der Waals surface area contributed by atoms with Crippen molar-refractivity contribution >= 4 is 29.0 Å². The van der Waals surface area contributed by atoms with Gasteiger partial charge in [-0.05, 0) is 30.3 Å². The Balaban J connectivity index is 1.21. The summed E-state index contributed by atoms with van der Waals surface area (Å²) in [6, 6.07) is 12.6. The summed E-state index contributed by atoms with van der Waals surface area (Å²) in [5.74, 6) is -0.521. The average molecular weight is 497 g/mol. The largest absolute Gasteiger partial charge is 0.368 e. The van der Waals surface area contributed by atoms with Gasteiger partial charge in [0, 0.05) is 49.8 Å². The van der Waals surface area contributed by atoms with Crippen LogP contribution < -0.4 is 10.5 Å². The van der Waals surface area contributed by atoms with Crippen molar-refractivity contribution in [3.05, 3.63) is 88.5 Å². The van der Waals surface area contributed by atoms with E-state index in [9.17, 15) is 18.4 Å². The third kappa shape index (κ3) is 4.90. The molecule has 2 aromatic carbocycles. The molecule has 180 valence electrons. The number of aromatic nitrogens is 4. The van der Waals surface area contributed by atoms with Crippen LogP contribution in [-0.2, 0) is 11.3 Å². The summed E-state index contributed by atoms with van der Waals surface area (Å²) in [4.78, 5) is 29.5. The highest BCUT2D eigenvalue weighted by Crippen LogP contribution is 2.19. The number of rotatable bonds is 6. The molecular weight excluding hydrogens is 474 g/mol. The molecule has 35 heavy (non-hydrogen) atoms. The number of halogens is 2. The zero-order chi connectivity index (χ0) is 24.4. The molecule has 4 aromatic rings. The fourth-order valence-corrected chi connectivity index (χ4v) is 4.84. The first-order valence-corrected chi connectivity index (χ1v) is 12.1. The molecule has 8 nitrogen and oxygen atoms in total. The maximum atomic E-state index is 14.0. The first-order valence-electron chi connectivity index (χ1n) is 11.1. The van der Waals surface area contributed by atoms with Crippen LogP contribution in [0.1, 0.15) is 5.56 Å². The fraction of sp³-hybridized carbons (Fsp3) is 0.250. The molecule has 11 heteroatoms. The summed E-state index contributed by atoms with van der Waals surface area (Å²) in [6.07, 6.45) is 3.21. The van der Waals surface area contributed by atoms with Crippen LogP contribution in [0.2, 0.25) is 0 Å². The molecule has 1 fully saturated rings. The second kappa shape index (κ2) is 9.87. The molecule has 0 atom stereocenters. The van der Waals surface area contributed by atoms with E-state index >= 15 is 0 Å². The van der Waals surface area contributed by atoms with Gasteiger partial charge in [0.25, 0.3) is 5.56 Å². The van der Waals surface area contributed by atoms with E-state index < -0.39 is 5.56 Å². The van der Waals surface area contributed by atoms with E-state index in [0.717, 1.165) is 5.69 Å². The van der Waals surface area contributed by atoms with Crippen LogP contribution in [0.15, 0.2) is 70.9 Å². The molecule has 1 aliphatic rings. The minimum atomic E-state index is -0.390. The van der Waals surface area contributed by atoms with E-state index in [1.54, 1.807) is 52.0 Å². The lowest BCUT2D eigenvalue weighted by Gasteiger charge is -2.36. The van der Waals surface area contributed by atoms with Gasteiger partial charge in [-0.15, -0.1) is 10.2 Å². The Morgan fingerprint density at radius 3 is 2.43 bits per heavy atom. The lowest BCUT2D eigenvalue weighted by molar-refractivity contribution is -0.128. The summed E-state index contributed by atoms with van der Waals surface area (Å²) < 4.78 is 30.0. The molecule has 0 N–H and O–H groups in total. The Bertz CT molecular complexity index is 1410. The van der Waals surface area contributed by atoms with E-state index in [2.05, 4.69) is 15.1 Å². The van der Waals surface area contributed by atoms with Gasteiger partial charge >= 0.3 is 0 Å². The lowest BCUT2D eigenvalue weighted by Crippen LogP contribution is -2.49. The Morgan fingerprint density at radius 2 is 1.69 bits per heavy atom. The Morgan fingerprint density at radius 1 is 0.943 bits per heavy atom. The minimum absolute atomic E-state index is 0.0293. The normalized spacial score (nSPS) is 14.0. The summed E-state index contributed by atoms with van der Waals surface area (Å²) in [5, 5.41) is 8.50. The number of benzene rings is 2. The molecule has 0 saturated carbocycles. The summed E-state index contributed by atoms with van der Waals surface area (Å²) in [5.41, 5.74) is 1.06. The number of thioether (sulfide) groups is 1. The van der Waals surface area contributed by atoms with Gasteiger partial charge in [-0.1, -0.05) is 30.0 Å². The van der Waals surface area contributed by atoms with E-state index in [1.165, 1.54) is 34.5 Å². The SMILES string of the molecule is O=C(CSc1nnc2c(=O)n(Cc3ccccc3F)ccn12)N1CCN(c2ccc(F)cc2)CC1. The highest BCUT2D eigenvalue weighted by molar-refractivity contribution is 7.99. The average Bonchev–Trinajstić information content (AvgIpc) is 3.30. The van der Waals surface area contributed by atoms with Crippen molar-refractivity contribution in [2.75, 3.05) is 36.8 Å². The molecular formula is C24H22F2N6O2S. The molecule has 0 unspecified atom stereocenters. The van der Waals surface area contributed by atoms with Gasteiger partial charge in [0.05, 0.1) is 12.3 Å². The van der Waals surface area contributed by atoms with Gasteiger partial charge in [-0.2, -0.15) is 0 Å². The predicted octanol–water partition coefficient (Wildman–Crippen LogP) is 2.66. The van der Waals surface area contributed by atoms with Gasteiger partial charge < -0.3 is 14.4 Å². The third-order valence-corrected chi connectivity index (χ3v) is 6.89. The smallest absolute Gasteiger partial charge is 0.296 e. The molecule has 3 heterocycles. The van der Waals surface area contributed by atoms with Gasteiger partial charge in [-0.25, -0.2) is 8.78 Å². The molecule has 0 aliphatic carbocycles. The first-order chi connectivity index (χ1) is 17.0. The number of hydrogen-bond acceptors (Lipinski definition) is 6. The van der Waals surface area contributed by atoms with Crippen LogP contribution >= 0.6 is 11.8 Å². The zero-order valence-electron chi connectivity index (χ0n) is 18.7. The van der Waals surface area contributed by atoms with E-state index in [4.69, 9.17) is 0 Å². The molecule has 0 bridgehead atoms. The quantitative estimate of drug-likeness (QED) is 0.382. The molecule has 0 radical (unpaired) electrons. The molecule has 1 amide bonds. The predicted molar refractivity (Wildman–Crippen MR) is 129 cm³/mol. The minimum Gasteiger partial charge on any atom is -0.368 e. The molecule has 1 saturated heterocycles. The maximum Gasteiger partial charge on any atom is 0.296 e. The van der Waals surface area contributed by atoms with Crippen molar-refractivity contribution in [2.24, 2.45) is 0 Å². The molecule has 1 aliphatic heterocycles. The molecule has 5 rings (SSSR count). The Labute approximate surface area is 203 Å². The van der Waals surface area contributed by atoms with Crippen molar-refractivity contribution < 1.29 is 13.6 Å². The second-order valence-corrected chi connectivity index (χ2v) is 9.07. The van der Waals surface area contributed by atoms with Crippen LogP contribution in [0, 0.1) is 11.6 Å². The van der Waals surface area contributed by atoms with Crippen molar-refractivity contribution in [2.45, 2.75) is 11.7 Å². The third-order valence-electron chi connectivity index (χ3n) is 5.96. The number of carbonyl (C=O) groups is 1. The number of carbonyl (C=O) groups excluding carboxylic acids is 1. The number of fused-ring (bicyclic) bond motifs is 1. The Hall–Kier alpha value is -3.73. The zero-order valence-corrected chi connectivity index (χ0v) is 19.5. The lowest BCUT2D eigenvalue weighted by atomic mass is 10.2. The van der Waals surface area contributed by atoms with Crippen LogP contribution in [0.4, 0.5) is 14.5 Å². The number of hydrogen-bond donors (Lipinski definition) is 0. The van der Waals surface area contributed by atoms with Crippen LogP contribution in [0.5, 0.6) is 0 Å². The topological polar surface area (TPSA) is 75.7 Å².